The Hall–Kier alpha value is -12.6. The summed E-state index contributed by atoms with van der Waals surface area (Å²) in [5.74, 6) is 0. The molecule has 0 amide bonds. The first kappa shape index (κ1) is 107. The van der Waals surface area contributed by atoms with Crippen LogP contribution in [0.2, 0.25) is 0 Å². The van der Waals surface area contributed by atoms with Crippen molar-refractivity contribution in [2.24, 2.45) is 33.9 Å². The Balaban J connectivity index is 0.000000179. The van der Waals surface area contributed by atoms with Crippen LogP contribution in [0, 0.1) is 0 Å². The fraction of sp³-hybridized carbons (Fsp3) is 0.345. The third-order valence-electron chi connectivity index (χ3n) is 25.9. The van der Waals surface area contributed by atoms with E-state index in [2.05, 4.69) is 290 Å². The Morgan fingerprint density at radius 2 is 0.596 bits per heavy atom. The van der Waals surface area contributed by atoms with Gasteiger partial charge in [-0.1, -0.05) is 158 Å². The van der Waals surface area contributed by atoms with E-state index in [4.69, 9.17) is 51.6 Å². The summed E-state index contributed by atoms with van der Waals surface area (Å²) < 4.78 is 11.2. The number of nitrogens with one attached hydrogen (secondary N) is 4. The number of aromatic nitrogens is 4. The fourth-order valence-electron chi connectivity index (χ4n) is 17.6. The molecule has 1 aliphatic rings. The lowest BCUT2D eigenvalue weighted by Gasteiger charge is -2.31. The molecular weight excluding hydrogens is 1670 g/mol. The van der Waals surface area contributed by atoms with Gasteiger partial charge in [-0.15, -0.1) is 0 Å². The van der Waals surface area contributed by atoms with Gasteiger partial charge in [-0.3, -0.25) is 0 Å². The molecule has 20 nitrogen and oxygen atoms in total. The molecule has 4 aromatic heterocycles. The van der Waals surface area contributed by atoms with Gasteiger partial charge in [0.25, 0.3) is 0 Å². The maximum atomic E-state index is 6.06. The Morgan fingerprint density at radius 3 is 0.868 bits per heavy atom. The highest BCUT2D eigenvalue weighted by molar-refractivity contribution is 6.14. The summed E-state index contributed by atoms with van der Waals surface area (Å²) in [7, 11) is 19.8. The van der Waals surface area contributed by atoms with E-state index in [9.17, 15) is 0 Å². The van der Waals surface area contributed by atoms with Crippen LogP contribution in [0.25, 0.3) is 132 Å². The van der Waals surface area contributed by atoms with E-state index in [0.29, 0.717) is 0 Å². The summed E-state index contributed by atoms with van der Waals surface area (Å²) in [5.41, 5.74) is 73.4. The number of nitrogens with two attached hydrogens (primary N) is 9. The first-order valence-corrected chi connectivity index (χ1v) is 48.9. The average Bonchev–Trinajstić information content (AvgIpc) is 0.759. The molecule has 720 valence electrons. The van der Waals surface area contributed by atoms with Crippen molar-refractivity contribution in [3.63, 3.8) is 0 Å². The van der Waals surface area contributed by atoms with Gasteiger partial charge in [-0.25, -0.2) is 0 Å². The SMILES string of the molecule is C.CCCCN1CCNCC1.CCCCNCCNCCN.CCCC[N+](C)(C)CC[NH+](C)C.CCCC[N+](C)(CC)CC.C[n+]1c(-c2ccccc2)c2cc(N)ccc2c2ccc(N)cc21.C[n+]1c(-c2ccccc2)c2cc(N)ccc2c2ccc(N)cc21.C[n+]1c(-c2ccccc2)c2cc(N)ccc2c2ccc(N)cc21.C[n+]1c(-c2ccccc2)c2cc(N)ccc2c2ccc(N)cc21. The van der Waals surface area contributed by atoms with Crippen LogP contribution < -0.4 is 90.7 Å². The van der Waals surface area contributed by atoms with Gasteiger partial charge in [0.15, 0.2) is 0 Å². The van der Waals surface area contributed by atoms with E-state index in [-0.39, 0.29) is 7.43 Å². The highest BCUT2D eigenvalue weighted by atomic mass is 15.3. The number of nitrogens with zero attached hydrogens (tertiary/aromatic N) is 7. The number of hydrogen-bond donors (Lipinski definition) is 13. The van der Waals surface area contributed by atoms with Crippen molar-refractivity contribution in [2.75, 3.05) is 186 Å². The molecule has 16 aromatic rings. The number of piperazine rings is 1. The number of nitrogen functional groups attached to an aromatic ring is 8. The Bertz CT molecular complexity index is 5740. The van der Waals surface area contributed by atoms with E-state index in [1.54, 1.807) is 4.90 Å². The molecule has 136 heavy (non-hydrogen) atoms. The zero-order chi connectivity index (χ0) is 97.1. The summed E-state index contributed by atoms with van der Waals surface area (Å²) in [6.45, 7) is 32.4. The highest BCUT2D eigenvalue weighted by Gasteiger charge is 2.27. The number of pyridine rings is 4. The monoisotopic (exact) mass is 1840 g/mol. The molecule has 0 aliphatic carbocycles. The van der Waals surface area contributed by atoms with E-state index in [1.807, 2.05) is 121 Å². The van der Waals surface area contributed by atoms with E-state index < -0.39 is 0 Å². The normalized spacial score (nSPS) is 11.9. The lowest BCUT2D eigenvalue weighted by molar-refractivity contribution is -0.934. The zero-order valence-corrected chi connectivity index (χ0v) is 83.7. The molecule has 0 unspecified atom stereocenters. The second-order valence-corrected chi connectivity index (χ2v) is 37.0. The van der Waals surface area contributed by atoms with Crippen LogP contribution in [0.4, 0.5) is 45.5 Å². The van der Waals surface area contributed by atoms with E-state index >= 15 is 0 Å². The second kappa shape index (κ2) is 53.1. The summed E-state index contributed by atoms with van der Waals surface area (Å²) in [4.78, 5) is 4.10. The molecular formula is C116H163N20+7. The van der Waals surface area contributed by atoms with Gasteiger partial charge in [0, 0.05) is 166 Å². The molecule has 12 aromatic carbocycles. The maximum absolute atomic E-state index is 6.06. The quantitative estimate of drug-likeness (QED) is 0.00790. The number of unbranched alkanes of at least 4 members (excludes halogenated alkanes) is 4. The molecule has 0 saturated carbocycles. The molecule has 1 aliphatic heterocycles. The minimum absolute atomic E-state index is 0. The van der Waals surface area contributed by atoms with Crippen molar-refractivity contribution in [3.8, 4) is 45.0 Å². The molecule has 17 rings (SSSR count). The maximum Gasteiger partial charge on any atom is 0.220 e. The van der Waals surface area contributed by atoms with E-state index in [0.717, 1.165) is 167 Å². The number of benzene rings is 12. The van der Waals surface area contributed by atoms with Crippen LogP contribution >= 0.6 is 0 Å². The number of rotatable bonds is 26. The average molecular weight is 1840 g/mol. The molecule has 1 fully saturated rings. The van der Waals surface area contributed by atoms with Crippen molar-refractivity contribution < 1.29 is 32.1 Å². The second-order valence-electron chi connectivity index (χ2n) is 37.0. The fourth-order valence-corrected chi connectivity index (χ4v) is 17.6. The smallest absolute Gasteiger partial charge is 0.220 e. The molecule has 0 spiro atoms. The summed E-state index contributed by atoms with van der Waals surface area (Å²) in [6, 6.07) is 90.1. The largest absolute Gasteiger partial charge is 0.399 e. The standard InChI is InChI=1S/4C20H17N3.C10H25N2.C9H22N.C8H21N3.C8H18N2.CH4/c4*1-23-19-12-15(22)8-10-17(19)16-9-7-14(21)11-18(16)20(23)13-5-3-2-4-6-13;1-6-7-9-12(4,5)10-8-11(2)3;1-5-8-9-10(4,6-2)7-3;1-2-3-5-10-7-8-11-6-4-9;1-2-3-6-10-7-4-9-5-8-10;/h4*2-12,22H,21H2,1H3;6-10H2,1-5H3;5-9H2,1-4H3;10-11H,2-9H2,1H3;9H,2-8H2,1H3;1H4/q;;;;2*+1;;;/p+5. The van der Waals surface area contributed by atoms with Crippen molar-refractivity contribution in [1.29, 1.82) is 0 Å². The number of anilines is 8. The van der Waals surface area contributed by atoms with Crippen molar-refractivity contribution in [1.82, 2.24) is 20.9 Å². The lowest BCUT2D eigenvalue weighted by Crippen LogP contribution is -3.06. The molecule has 20 heteroatoms. The van der Waals surface area contributed by atoms with Crippen LogP contribution in [0.15, 0.2) is 267 Å². The minimum Gasteiger partial charge on any atom is -0.399 e. The van der Waals surface area contributed by atoms with Gasteiger partial charge in [-0.2, -0.15) is 18.3 Å². The number of fused-ring (bicyclic) bond motifs is 12. The van der Waals surface area contributed by atoms with Gasteiger partial charge in [0.05, 0.1) is 105 Å². The van der Waals surface area contributed by atoms with Crippen LogP contribution in [0.5, 0.6) is 0 Å². The third-order valence-corrected chi connectivity index (χ3v) is 25.9. The Labute approximate surface area is 812 Å². The molecule has 0 radical (unpaired) electrons. The summed E-state index contributed by atoms with van der Waals surface area (Å²) >= 11 is 0. The van der Waals surface area contributed by atoms with Crippen molar-refractivity contribution in [2.45, 2.75) is 100 Å². The van der Waals surface area contributed by atoms with Crippen LogP contribution in [0.1, 0.15) is 100 Å². The number of aryl methyl sites for hydroxylation is 4. The van der Waals surface area contributed by atoms with Gasteiger partial charge >= 0.3 is 0 Å². The minimum atomic E-state index is 0. The van der Waals surface area contributed by atoms with Crippen molar-refractivity contribution in [3.05, 3.63) is 267 Å². The first-order chi connectivity index (χ1) is 65.1. The zero-order valence-electron chi connectivity index (χ0n) is 83.7. The molecule has 0 atom stereocenters. The van der Waals surface area contributed by atoms with Gasteiger partial charge in [0.1, 0.15) is 41.3 Å². The van der Waals surface area contributed by atoms with Gasteiger partial charge in [-0.05, 0) is 198 Å². The van der Waals surface area contributed by atoms with Crippen LogP contribution in [-0.2, 0) is 28.2 Å². The number of likely N-dealkylation sites (N-methyl/N-ethyl adjacent to an activating group) is 2. The third kappa shape index (κ3) is 29.2. The number of quaternary nitrogens is 3. The number of hydrogen-bond acceptors (Lipinski definition) is 13. The van der Waals surface area contributed by atoms with Crippen LogP contribution in [-0.4, -0.2) is 154 Å². The van der Waals surface area contributed by atoms with Gasteiger partial charge < -0.3 is 86.3 Å². The topological polar surface area (TPSA) is 293 Å². The summed E-state index contributed by atoms with van der Waals surface area (Å²) in [5, 5.41) is 24.0. The molecule has 22 N–H and O–H groups in total. The molecule has 0 bridgehead atoms. The Kier molecular flexibility index (Phi) is 41.8. The van der Waals surface area contributed by atoms with Gasteiger partial charge in [0.2, 0.25) is 44.8 Å². The highest BCUT2D eigenvalue weighted by Crippen LogP contribution is 2.38. The first-order valence-electron chi connectivity index (χ1n) is 48.9. The summed E-state index contributed by atoms with van der Waals surface area (Å²) in [6.07, 6.45) is 10.6. The predicted molar refractivity (Wildman–Crippen MR) is 590 cm³/mol. The Morgan fingerprint density at radius 1 is 0.324 bits per heavy atom. The van der Waals surface area contributed by atoms with Crippen LogP contribution in [0.3, 0.4) is 0 Å². The van der Waals surface area contributed by atoms with E-state index in [1.165, 1.54) is 175 Å². The lowest BCUT2D eigenvalue weighted by atomic mass is 9.98. The predicted octanol–water partition coefficient (Wildman–Crippen LogP) is 18.1. The molecule has 5 heterocycles. The van der Waals surface area contributed by atoms with Crippen molar-refractivity contribution >= 4 is 132 Å². The molecule has 1 saturated heterocycles.